The van der Waals surface area contributed by atoms with E-state index in [1.54, 1.807) is 0 Å². The van der Waals surface area contributed by atoms with Gasteiger partial charge in [-0.05, 0) is 27.5 Å². The van der Waals surface area contributed by atoms with Gasteiger partial charge in [-0.25, -0.2) is 0 Å². The third-order valence-corrected chi connectivity index (χ3v) is 5.97. The molecule has 1 heterocycles. The van der Waals surface area contributed by atoms with E-state index in [0.717, 1.165) is 50.4 Å². The molecule has 0 saturated carbocycles. The van der Waals surface area contributed by atoms with Crippen LogP contribution in [0.2, 0.25) is 0 Å². The van der Waals surface area contributed by atoms with Crippen molar-refractivity contribution in [1.29, 1.82) is 0 Å². The molecule has 3 rings (SSSR count). The second kappa shape index (κ2) is 8.49. The number of phenols is 1. The Bertz CT molecular complexity index is 807. The van der Waals surface area contributed by atoms with E-state index >= 15 is 0 Å². The largest absolute Gasteiger partial charge is 0.507 e. The molecule has 1 N–H and O–H groups in total. The quantitative estimate of drug-likeness (QED) is 0.762. The molecule has 0 amide bonds. The molecule has 2 aromatic rings. The summed E-state index contributed by atoms with van der Waals surface area (Å²) >= 11 is 0. The lowest BCUT2D eigenvalue weighted by Crippen LogP contribution is -2.45. The summed E-state index contributed by atoms with van der Waals surface area (Å²) in [5.41, 5.74) is 4.80. The fourth-order valence-electron chi connectivity index (χ4n) is 4.01. The Morgan fingerprint density at radius 3 is 1.83 bits per heavy atom. The molecule has 0 atom stereocenters. The van der Waals surface area contributed by atoms with Crippen molar-refractivity contribution in [3.63, 3.8) is 0 Å². The highest BCUT2D eigenvalue weighted by atomic mass is 16.3. The number of phenolic OH excluding ortho intramolecular Hbond substituents is 1. The summed E-state index contributed by atoms with van der Waals surface area (Å²) in [6.07, 6.45) is 0. The van der Waals surface area contributed by atoms with E-state index in [4.69, 9.17) is 0 Å². The fraction of sp³-hybridized carbons (Fsp3) is 0.538. The summed E-state index contributed by atoms with van der Waals surface area (Å²) in [4.78, 5) is 5.01. The van der Waals surface area contributed by atoms with Gasteiger partial charge in [0.05, 0.1) is 0 Å². The van der Waals surface area contributed by atoms with Gasteiger partial charge in [0.25, 0.3) is 0 Å². The molecular weight excluding hydrogens is 356 g/mol. The smallest absolute Gasteiger partial charge is 0.123 e. The monoisotopic (exact) mass is 394 g/mol. The summed E-state index contributed by atoms with van der Waals surface area (Å²) in [7, 11) is 0. The summed E-state index contributed by atoms with van der Waals surface area (Å²) in [6.45, 7) is 19.3. The molecule has 158 valence electrons. The topological polar surface area (TPSA) is 26.7 Å². The van der Waals surface area contributed by atoms with Crippen LogP contribution in [0.15, 0.2) is 42.5 Å². The predicted molar refractivity (Wildman–Crippen MR) is 123 cm³/mol. The van der Waals surface area contributed by atoms with E-state index in [-0.39, 0.29) is 10.8 Å². The van der Waals surface area contributed by atoms with Crippen LogP contribution in [0.1, 0.15) is 63.8 Å². The van der Waals surface area contributed by atoms with Gasteiger partial charge in [0, 0.05) is 44.8 Å². The van der Waals surface area contributed by atoms with Crippen molar-refractivity contribution in [3.05, 3.63) is 64.7 Å². The van der Waals surface area contributed by atoms with E-state index < -0.39 is 0 Å². The first kappa shape index (κ1) is 21.9. The van der Waals surface area contributed by atoms with Crippen molar-refractivity contribution < 1.29 is 5.11 Å². The zero-order valence-corrected chi connectivity index (χ0v) is 19.1. The molecule has 0 unspecified atom stereocenters. The van der Waals surface area contributed by atoms with Crippen LogP contribution in [-0.2, 0) is 23.9 Å². The van der Waals surface area contributed by atoms with Crippen molar-refractivity contribution >= 4 is 0 Å². The van der Waals surface area contributed by atoms with E-state index in [1.807, 2.05) is 0 Å². The molecule has 0 bridgehead atoms. The molecule has 0 radical (unpaired) electrons. The minimum atomic E-state index is -0.0749. The van der Waals surface area contributed by atoms with Crippen LogP contribution in [0.25, 0.3) is 0 Å². The lowest BCUT2D eigenvalue weighted by Gasteiger charge is -2.35. The summed E-state index contributed by atoms with van der Waals surface area (Å²) in [6, 6.07) is 15.1. The molecule has 1 aliphatic heterocycles. The molecule has 0 aliphatic carbocycles. The first-order chi connectivity index (χ1) is 13.5. The molecular formula is C26H38N2O. The molecule has 0 spiro atoms. The molecule has 29 heavy (non-hydrogen) atoms. The second-order valence-electron chi connectivity index (χ2n) is 10.6. The third kappa shape index (κ3) is 5.61. The number of aromatic hydroxyl groups is 1. The molecule has 1 aliphatic rings. The fourth-order valence-corrected chi connectivity index (χ4v) is 4.01. The number of benzene rings is 2. The number of hydrogen-bond acceptors (Lipinski definition) is 3. The highest BCUT2D eigenvalue weighted by molar-refractivity contribution is 5.48. The zero-order chi connectivity index (χ0) is 21.2. The highest BCUT2D eigenvalue weighted by Gasteiger charge is 2.26. The standard InChI is InChI=1S/C26H38N2O/c1-25(2,3)22-16-21(24(29)23(17-22)26(4,5)6)19-28-14-12-27(13-15-28)18-20-10-8-7-9-11-20/h7-11,16-17,29H,12-15,18-19H2,1-6H3. The Morgan fingerprint density at radius 2 is 1.31 bits per heavy atom. The first-order valence-corrected chi connectivity index (χ1v) is 10.9. The van der Waals surface area contributed by atoms with Gasteiger partial charge in [0.2, 0.25) is 0 Å². The van der Waals surface area contributed by atoms with Crippen LogP contribution in [0, 0.1) is 0 Å². The van der Waals surface area contributed by atoms with E-state index in [9.17, 15) is 5.11 Å². The molecule has 3 heteroatoms. The highest BCUT2D eigenvalue weighted by Crippen LogP contribution is 2.38. The Kier molecular flexibility index (Phi) is 6.40. The maximum atomic E-state index is 11.1. The number of hydrogen-bond donors (Lipinski definition) is 1. The average molecular weight is 395 g/mol. The van der Waals surface area contributed by atoms with Gasteiger partial charge in [-0.1, -0.05) is 84.0 Å². The van der Waals surface area contributed by atoms with E-state index in [1.165, 1.54) is 11.1 Å². The van der Waals surface area contributed by atoms with Gasteiger partial charge < -0.3 is 5.11 Å². The Hall–Kier alpha value is -1.84. The molecule has 3 nitrogen and oxygen atoms in total. The molecule has 0 aromatic heterocycles. The van der Waals surface area contributed by atoms with Crippen molar-refractivity contribution in [2.75, 3.05) is 26.2 Å². The van der Waals surface area contributed by atoms with Crippen LogP contribution in [0.4, 0.5) is 0 Å². The van der Waals surface area contributed by atoms with Crippen LogP contribution in [0.5, 0.6) is 5.75 Å². The Morgan fingerprint density at radius 1 is 0.759 bits per heavy atom. The molecule has 2 aromatic carbocycles. The van der Waals surface area contributed by atoms with Gasteiger partial charge in [-0.3, -0.25) is 9.80 Å². The van der Waals surface area contributed by atoms with Gasteiger partial charge in [-0.15, -0.1) is 0 Å². The van der Waals surface area contributed by atoms with Gasteiger partial charge in [-0.2, -0.15) is 0 Å². The second-order valence-corrected chi connectivity index (χ2v) is 10.6. The number of nitrogens with zero attached hydrogens (tertiary/aromatic N) is 2. The SMILES string of the molecule is CC(C)(C)c1cc(CN2CCN(Cc3ccccc3)CC2)c(O)c(C(C)(C)C)c1. The Balaban J connectivity index is 1.72. The summed E-state index contributed by atoms with van der Waals surface area (Å²) in [5, 5.41) is 11.1. The lowest BCUT2D eigenvalue weighted by molar-refractivity contribution is 0.121. The Labute approximate surface area is 177 Å². The summed E-state index contributed by atoms with van der Waals surface area (Å²) < 4.78 is 0. The summed E-state index contributed by atoms with van der Waals surface area (Å²) in [5.74, 6) is 0.484. The van der Waals surface area contributed by atoms with Crippen LogP contribution in [0.3, 0.4) is 0 Å². The van der Waals surface area contributed by atoms with Crippen molar-refractivity contribution in [2.24, 2.45) is 0 Å². The maximum absolute atomic E-state index is 11.1. The van der Waals surface area contributed by atoms with Gasteiger partial charge in [0.15, 0.2) is 0 Å². The number of piperazine rings is 1. The van der Waals surface area contributed by atoms with Crippen LogP contribution < -0.4 is 0 Å². The maximum Gasteiger partial charge on any atom is 0.123 e. The predicted octanol–water partition coefficient (Wildman–Crippen LogP) is 5.31. The van der Waals surface area contributed by atoms with Gasteiger partial charge in [0.1, 0.15) is 5.75 Å². The van der Waals surface area contributed by atoms with Crippen molar-refractivity contribution in [1.82, 2.24) is 9.80 Å². The zero-order valence-electron chi connectivity index (χ0n) is 19.1. The first-order valence-electron chi connectivity index (χ1n) is 10.9. The van der Waals surface area contributed by atoms with Crippen molar-refractivity contribution in [3.8, 4) is 5.75 Å². The van der Waals surface area contributed by atoms with Gasteiger partial charge >= 0.3 is 0 Å². The minimum Gasteiger partial charge on any atom is -0.507 e. The third-order valence-electron chi connectivity index (χ3n) is 5.97. The number of rotatable bonds is 4. The van der Waals surface area contributed by atoms with E-state index in [0.29, 0.717) is 5.75 Å². The average Bonchev–Trinajstić information content (AvgIpc) is 2.64. The van der Waals surface area contributed by atoms with Crippen LogP contribution >= 0.6 is 0 Å². The molecule has 1 saturated heterocycles. The van der Waals surface area contributed by atoms with E-state index in [2.05, 4.69) is 93.8 Å². The minimum absolute atomic E-state index is 0.0663. The molecule has 1 fully saturated rings. The normalized spacial score (nSPS) is 16.9. The lowest BCUT2D eigenvalue weighted by atomic mass is 9.79. The van der Waals surface area contributed by atoms with Crippen molar-refractivity contribution in [2.45, 2.75) is 65.5 Å². The van der Waals surface area contributed by atoms with Crippen LogP contribution in [-0.4, -0.2) is 41.1 Å².